The molecule has 4 rings (SSSR count). The normalized spacial score (nSPS) is 28.7. The molecule has 3 saturated heterocycles. The van der Waals surface area contributed by atoms with Crippen LogP contribution in [0, 0.1) is 0 Å². The van der Waals surface area contributed by atoms with Crippen molar-refractivity contribution in [2.45, 2.75) is 37.5 Å². The first-order valence-corrected chi connectivity index (χ1v) is 10.1. The van der Waals surface area contributed by atoms with E-state index in [1.54, 1.807) is 12.1 Å². The Labute approximate surface area is 168 Å². The number of rotatable bonds is 3. The average Bonchev–Trinajstić information content (AvgIpc) is 3.18. The van der Waals surface area contributed by atoms with Gasteiger partial charge in [0.2, 0.25) is 11.8 Å². The van der Waals surface area contributed by atoms with Gasteiger partial charge in [0.05, 0.1) is 34.7 Å². The van der Waals surface area contributed by atoms with Crippen LogP contribution < -0.4 is 5.32 Å². The summed E-state index contributed by atoms with van der Waals surface area (Å²) in [5.41, 5.74) is 0.840. The second-order valence-corrected chi connectivity index (χ2v) is 8.29. The van der Waals surface area contributed by atoms with Crippen molar-refractivity contribution >= 4 is 35.0 Å². The van der Waals surface area contributed by atoms with Gasteiger partial charge >= 0.3 is 0 Å². The lowest BCUT2D eigenvalue weighted by Crippen LogP contribution is -2.70. The number of halogens is 2. The fourth-order valence-corrected chi connectivity index (χ4v) is 4.62. The van der Waals surface area contributed by atoms with Crippen LogP contribution in [0.2, 0.25) is 10.0 Å². The van der Waals surface area contributed by atoms with Crippen molar-refractivity contribution in [3.63, 3.8) is 0 Å². The minimum absolute atomic E-state index is 0.0385. The number of amides is 2. The summed E-state index contributed by atoms with van der Waals surface area (Å²) in [6.45, 7) is 3.15. The topological polar surface area (TPSA) is 61.9 Å². The molecule has 1 aromatic rings. The molecule has 27 heavy (non-hydrogen) atoms. The number of morpholine rings is 1. The summed E-state index contributed by atoms with van der Waals surface area (Å²) < 4.78 is 5.78. The Kier molecular flexibility index (Phi) is 5.60. The molecule has 0 bridgehead atoms. The lowest BCUT2D eigenvalue weighted by atomic mass is 9.93. The second kappa shape index (κ2) is 7.95. The molecular weight excluding hydrogens is 389 g/mol. The van der Waals surface area contributed by atoms with E-state index in [0.717, 1.165) is 31.5 Å². The third kappa shape index (κ3) is 4.09. The van der Waals surface area contributed by atoms with E-state index in [2.05, 4.69) is 10.2 Å². The van der Waals surface area contributed by atoms with Crippen molar-refractivity contribution in [3.05, 3.63) is 33.8 Å². The van der Waals surface area contributed by atoms with Crippen molar-refractivity contribution in [1.82, 2.24) is 15.1 Å². The summed E-state index contributed by atoms with van der Waals surface area (Å²) in [7, 11) is 0. The molecule has 0 spiro atoms. The number of piperidine rings is 1. The van der Waals surface area contributed by atoms with Gasteiger partial charge in [0, 0.05) is 13.1 Å². The van der Waals surface area contributed by atoms with Crippen LogP contribution in [0.4, 0.5) is 0 Å². The Morgan fingerprint density at radius 3 is 2.70 bits per heavy atom. The highest BCUT2D eigenvalue weighted by molar-refractivity contribution is 6.42. The van der Waals surface area contributed by atoms with Crippen LogP contribution in [0.5, 0.6) is 0 Å². The molecule has 3 aliphatic rings. The van der Waals surface area contributed by atoms with Gasteiger partial charge in [0.15, 0.2) is 0 Å². The molecule has 1 N–H and O–H groups in total. The van der Waals surface area contributed by atoms with Gasteiger partial charge in [0.25, 0.3) is 0 Å². The van der Waals surface area contributed by atoms with Crippen molar-refractivity contribution in [1.29, 1.82) is 0 Å². The fraction of sp³-hybridized carbons (Fsp3) is 0.579. The van der Waals surface area contributed by atoms with Gasteiger partial charge in [-0.05, 0) is 43.6 Å². The first-order chi connectivity index (χ1) is 13.0. The zero-order chi connectivity index (χ0) is 19.0. The maximum atomic E-state index is 13.0. The van der Waals surface area contributed by atoms with Crippen LogP contribution in [-0.2, 0) is 20.7 Å². The minimum atomic E-state index is -0.167. The van der Waals surface area contributed by atoms with Crippen LogP contribution >= 0.6 is 23.2 Å². The number of benzene rings is 1. The van der Waals surface area contributed by atoms with Crippen LogP contribution in [-0.4, -0.2) is 72.6 Å². The van der Waals surface area contributed by atoms with E-state index in [0.29, 0.717) is 23.1 Å². The van der Waals surface area contributed by atoms with Gasteiger partial charge in [-0.25, -0.2) is 0 Å². The molecule has 3 fully saturated rings. The number of ether oxygens (including phenoxy) is 1. The highest BCUT2D eigenvalue weighted by Crippen LogP contribution is 2.26. The molecule has 2 amide bonds. The largest absolute Gasteiger partial charge is 0.364 e. The number of likely N-dealkylation sites (tertiary alicyclic amines) is 2. The van der Waals surface area contributed by atoms with Crippen molar-refractivity contribution in [2.75, 3.05) is 32.8 Å². The molecule has 0 saturated carbocycles. The third-order valence-corrected chi connectivity index (χ3v) is 6.42. The monoisotopic (exact) mass is 411 g/mol. The number of carbonyl (C=O) groups is 2. The van der Waals surface area contributed by atoms with Crippen molar-refractivity contribution in [3.8, 4) is 0 Å². The predicted octanol–water partition coefficient (Wildman–Crippen LogP) is 1.73. The first kappa shape index (κ1) is 19.0. The average molecular weight is 412 g/mol. The number of hydrogen-bond donors (Lipinski definition) is 1. The van der Waals surface area contributed by atoms with Crippen LogP contribution in [0.25, 0.3) is 0 Å². The zero-order valence-electron chi connectivity index (χ0n) is 15.0. The lowest BCUT2D eigenvalue weighted by molar-refractivity contribution is -0.151. The quantitative estimate of drug-likeness (QED) is 0.822. The van der Waals surface area contributed by atoms with Gasteiger partial charge in [-0.3, -0.25) is 14.5 Å². The van der Waals surface area contributed by atoms with E-state index in [4.69, 9.17) is 27.9 Å². The molecule has 3 unspecified atom stereocenters. The van der Waals surface area contributed by atoms with E-state index in [-0.39, 0.29) is 43.0 Å². The van der Waals surface area contributed by atoms with Gasteiger partial charge in [0.1, 0.15) is 6.61 Å². The Balaban J connectivity index is 1.49. The summed E-state index contributed by atoms with van der Waals surface area (Å²) in [5.74, 6) is -0.0347. The van der Waals surface area contributed by atoms with E-state index in [1.807, 2.05) is 11.0 Å². The molecule has 146 valence electrons. The molecule has 0 aromatic heterocycles. The fourth-order valence-electron chi connectivity index (χ4n) is 4.30. The summed E-state index contributed by atoms with van der Waals surface area (Å²) in [6, 6.07) is 5.32. The van der Waals surface area contributed by atoms with Crippen LogP contribution in [0.1, 0.15) is 18.4 Å². The highest BCUT2D eigenvalue weighted by atomic mass is 35.5. The molecule has 1 aromatic carbocycles. The SMILES string of the molecule is O=C1COC2CN(C(=O)Cc3ccc(Cl)c(Cl)c3)CC(N3CCCC3)C2N1. The van der Waals surface area contributed by atoms with E-state index in [9.17, 15) is 9.59 Å². The summed E-state index contributed by atoms with van der Waals surface area (Å²) in [4.78, 5) is 29.0. The Hall–Kier alpha value is -1.34. The number of nitrogens with zero attached hydrogens (tertiary/aromatic N) is 2. The van der Waals surface area contributed by atoms with E-state index >= 15 is 0 Å². The summed E-state index contributed by atoms with van der Waals surface area (Å²) in [5, 5.41) is 4.03. The molecular formula is C19H23Cl2N3O3. The standard InChI is InChI=1S/C19H23Cl2N3O3/c20-13-4-3-12(7-14(13)21)8-18(26)24-9-15(23-5-1-2-6-23)19-16(10-24)27-11-17(25)22-19/h3-4,7,15-16,19H,1-2,5-6,8-11H2,(H,22,25). The van der Waals surface area contributed by atoms with E-state index < -0.39 is 0 Å². The molecule has 0 radical (unpaired) electrons. The summed E-state index contributed by atoms with van der Waals surface area (Å²) in [6.07, 6.45) is 2.41. The van der Waals surface area contributed by atoms with E-state index in [1.165, 1.54) is 0 Å². The highest BCUT2D eigenvalue weighted by Gasteiger charge is 2.45. The lowest BCUT2D eigenvalue weighted by Gasteiger charge is -2.48. The van der Waals surface area contributed by atoms with Gasteiger partial charge in [-0.1, -0.05) is 29.3 Å². The molecule has 0 aliphatic carbocycles. The van der Waals surface area contributed by atoms with Gasteiger partial charge in [-0.2, -0.15) is 0 Å². The van der Waals surface area contributed by atoms with Crippen molar-refractivity contribution < 1.29 is 14.3 Å². The van der Waals surface area contributed by atoms with Crippen molar-refractivity contribution in [2.24, 2.45) is 0 Å². The first-order valence-electron chi connectivity index (χ1n) is 9.38. The number of carbonyl (C=O) groups excluding carboxylic acids is 2. The second-order valence-electron chi connectivity index (χ2n) is 7.48. The van der Waals surface area contributed by atoms with Crippen LogP contribution in [0.15, 0.2) is 18.2 Å². The number of nitrogens with one attached hydrogen (secondary N) is 1. The Morgan fingerprint density at radius 2 is 1.96 bits per heavy atom. The van der Waals surface area contributed by atoms with Crippen LogP contribution in [0.3, 0.4) is 0 Å². The van der Waals surface area contributed by atoms with Gasteiger partial charge < -0.3 is 15.0 Å². The Morgan fingerprint density at radius 1 is 1.19 bits per heavy atom. The maximum Gasteiger partial charge on any atom is 0.246 e. The summed E-state index contributed by atoms with van der Waals surface area (Å²) >= 11 is 12.0. The third-order valence-electron chi connectivity index (χ3n) is 5.68. The number of fused-ring (bicyclic) bond motifs is 1. The minimum Gasteiger partial charge on any atom is -0.364 e. The molecule has 6 nitrogen and oxygen atoms in total. The molecule has 3 atom stereocenters. The number of hydrogen-bond acceptors (Lipinski definition) is 4. The molecule has 3 aliphatic heterocycles. The molecule has 8 heteroatoms. The maximum absolute atomic E-state index is 13.0. The zero-order valence-corrected chi connectivity index (χ0v) is 16.5. The smallest absolute Gasteiger partial charge is 0.246 e. The Bertz CT molecular complexity index is 739. The predicted molar refractivity (Wildman–Crippen MR) is 103 cm³/mol. The van der Waals surface area contributed by atoms with Gasteiger partial charge in [-0.15, -0.1) is 0 Å². The molecule has 3 heterocycles.